The third-order valence-electron chi connectivity index (χ3n) is 1.40. The highest BCUT2D eigenvalue weighted by atomic mass is 15.3. The maximum absolute atomic E-state index is 4.25. The Morgan fingerprint density at radius 2 is 2.50 bits per heavy atom. The topological polar surface area (TPSA) is 17.8 Å². The molecular formula is C8H12N2. The maximum atomic E-state index is 4.25. The van der Waals surface area contributed by atoms with Gasteiger partial charge in [-0.1, -0.05) is 6.58 Å². The van der Waals surface area contributed by atoms with Gasteiger partial charge in [0.15, 0.2) is 0 Å². The van der Waals surface area contributed by atoms with Crippen molar-refractivity contribution in [2.24, 2.45) is 0 Å². The van der Waals surface area contributed by atoms with Crippen LogP contribution in [0.5, 0.6) is 0 Å². The van der Waals surface area contributed by atoms with Crippen molar-refractivity contribution in [1.29, 1.82) is 0 Å². The van der Waals surface area contributed by atoms with E-state index in [4.69, 9.17) is 0 Å². The van der Waals surface area contributed by atoms with Crippen LogP contribution in [0.3, 0.4) is 0 Å². The van der Waals surface area contributed by atoms with E-state index in [1.165, 1.54) is 0 Å². The Bertz CT molecular complexity index is 235. The second-order valence-electron chi connectivity index (χ2n) is 2.34. The molecule has 0 aromatic carbocycles. The molecule has 0 unspecified atom stereocenters. The maximum Gasteiger partial charge on any atom is 0.0874 e. The predicted octanol–water partition coefficient (Wildman–Crippen LogP) is 1.94. The molecule has 2 nitrogen and oxygen atoms in total. The summed E-state index contributed by atoms with van der Waals surface area (Å²) in [7, 11) is 0. The lowest BCUT2D eigenvalue weighted by Gasteiger charge is -1.92. The van der Waals surface area contributed by atoms with Crippen molar-refractivity contribution in [2.75, 3.05) is 0 Å². The smallest absolute Gasteiger partial charge is 0.0874 e. The third kappa shape index (κ3) is 1.26. The van der Waals surface area contributed by atoms with Crippen molar-refractivity contribution in [2.45, 2.75) is 20.4 Å². The Balaban J connectivity index is 2.88. The zero-order valence-electron chi connectivity index (χ0n) is 6.46. The lowest BCUT2D eigenvalue weighted by atomic mass is 10.3. The number of hydrogen-bond donors (Lipinski definition) is 0. The quantitative estimate of drug-likeness (QED) is 0.607. The molecule has 1 aromatic heterocycles. The van der Waals surface area contributed by atoms with Gasteiger partial charge >= 0.3 is 0 Å². The minimum Gasteiger partial charge on any atom is -0.272 e. The summed E-state index contributed by atoms with van der Waals surface area (Å²) in [6.07, 6.45) is 1.96. The van der Waals surface area contributed by atoms with E-state index in [0.29, 0.717) is 0 Å². The fraction of sp³-hybridized carbons (Fsp3) is 0.375. The molecule has 10 heavy (non-hydrogen) atoms. The van der Waals surface area contributed by atoms with Gasteiger partial charge in [-0.25, -0.2) is 0 Å². The lowest BCUT2D eigenvalue weighted by molar-refractivity contribution is 0.657. The van der Waals surface area contributed by atoms with Crippen molar-refractivity contribution in [3.05, 3.63) is 24.5 Å². The molecular weight excluding hydrogens is 124 g/mol. The zero-order chi connectivity index (χ0) is 7.56. The van der Waals surface area contributed by atoms with Crippen molar-refractivity contribution in [3.63, 3.8) is 0 Å². The van der Waals surface area contributed by atoms with Gasteiger partial charge in [0.25, 0.3) is 0 Å². The standard InChI is InChI=1S/C8H12N2/c1-4-10-6-5-8(9-10)7(2)3/h5-6H,2,4H2,1,3H3. The molecule has 1 rings (SSSR count). The summed E-state index contributed by atoms with van der Waals surface area (Å²) < 4.78 is 1.89. The summed E-state index contributed by atoms with van der Waals surface area (Å²) in [5.41, 5.74) is 2.01. The third-order valence-corrected chi connectivity index (χ3v) is 1.40. The Labute approximate surface area is 61.2 Å². The average Bonchev–Trinajstić information content (AvgIpc) is 2.34. The van der Waals surface area contributed by atoms with Crippen LogP contribution in [0.2, 0.25) is 0 Å². The fourth-order valence-corrected chi connectivity index (χ4v) is 0.765. The molecule has 0 aliphatic heterocycles. The minimum atomic E-state index is 0.924. The van der Waals surface area contributed by atoms with Gasteiger partial charge < -0.3 is 0 Å². The highest BCUT2D eigenvalue weighted by Crippen LogP contribution is 2.06. The highest BCUT2D eigenvalue weighted by molar-refractivity contribution is 5.56. The summed E-state index contributed by atoms with van der Waals surface area (Å²) in [6, 6.07) is 1.98. The number of aryl methyl sites for hydroxylation is 1. The Morgan fingerprint density at radius 1 is 1.80 bits per heavy atom. The monoisotopic (exact) mass is 136 g/mol. The van der Waals surface area contributed by atoms with Gasteiger partial charge in [0, 0.05) is 12.7 Å². The van der Waals surface area contributed by atoms with Crippen molar-refractivity contribution < 1.29 is 0 Å². The second-order valence-corrected chi connectivity index (χ2v) is 2.34. The molecule has 0 radical (unpaired) electrons. The summed E-state index contributed by atoms with van der Waals surface area (Å²) in [5, 5.41) is 4.25. The number of aromatic nitrogens is 2. The van der Waals surface area contributed by atoms with Crippen LogP contribution in [-0.2, 0) is 6.54 Å². The molecule has 0 spiro atoms. The van der Waals surface area contributed by atoms with Crippen LogP contribution < -0.4 is 0 Å². The van der Waals surface area contributed by atoms with Crippen LogP contribution in [0.1, 0.15) is 19.5 Å². The minimum absolute atomic E-state index is 0.924. The second kappa shape index (κ2) is 2.69. The Morgan fingerprint density at radius 3 is 2.80 bits per heavy atom. The van der Waals surface area contributed by atoms with E-state index in [1.807, 2.05) is 23.9 Å². The molecule has 0 amide bonds. The fourth-order valence-electron chi connectivity index (χ4n) is 0.765. The summed E-state index contributed by atoms with van der Waals surface area (Å²) >= 11 is 0. The first-order chi connectivity index (χ1) is 4.74. The molecule has 0 N–H and O–H groups in total. The van der Waals surface area contributed by atoms with E-state index in [2.05, 4.69) is 18.6 Å². The molecule has 0 aliphatic rings. The van der Waals surface area contributed by atoms with Gasteiger partial charge in [0.1, 0.15) is 0 Å². The molecule has 1 heterocycles. The Kier molecular flexibility index (Phi) is 1.90. The van der Waals surface area contributed by atoms with Gasteiger partial charge in [-0.3, -0.25) is 4.68 Å². The van der Waals surface area contributed by atoms with E-state index >= 15 is 0 Å². The molecule has 0 bridgehead atoms. The van der Waals surface area contributed by atoms with Crippen LogP contribution in [0.4, 0.5) is 0 Å². The van der Waals surface area contributed by atoms with Gasteiger partial charge in [-0.05, 0) is 25.5 Å². The van der Waals surface area contributed by atoms with Gasteiger partial charge in [-0.15, -0.1) is 0 Å². The lowest BCUT2D eigenvalue weighted by Crippen LogP contribution is -1.94. The van der Waals surface area contributed by atoms with Crippen LogP contribution in [-0.4, -0.2) is 9.78 Å². The number of rotatable bonds is 2. The molecule has 2 heteroatoms. The molecule has 1 aromatic rings. The first-order valence-electron chi connectivity index (χ1n) is 3.43. The van der Waals surface area contributed by atoms with Crippen LogP contribution >= 0.6 is 0 Å². The molecule has 0 saturated carbocycles. The first-order valence-corrected chi connectivity index (χ1v) is 3.43. The van der Waals surface area contributed by atoms with Crippen molar-refractivity contribution in [3.8, 4) is 0 Å². The van der Waals surface area contributed by atoms with Crippen molar-refractivity contribution >= 4 is 5.57 Å². The number of allylic oxidation sites excluding steroid dienone is 1. The molecule has 54 valence electrons. The zero-order valence-corrected chi connectivity index (χ0v) is 6.46. The van der Waals surface area contributed by atoms with E-state index in [1.54, 1.807) is 0 Å². The van der Waals surface area contributed by atoms with E-state index < -0.39 is 0 Å². The van der Waals surface area contributed by atoms with Crippen LogP contribution in [0.25, 0.3) is 5.57 Å². The van der Waals surface area contributed by atoms with Gasteiger partial charge in [0.05, 0.1) is 5.69 Å². The Hall–Kier alpha value is -1.05. The van der Waals surface area contributed by atoms with Crippen LogP contribution in [0, 0.1) is 0 Å². The van der Waals surface area contributed by atoms with E-state index in [-0.39, 0.29) is 0 Å². The SMILES string of the molecule is C=C(C)c1ccn(CC)n1. The van der Waals surface area contributed by atoms with Gasteiger partial charge in [-0.2, -0.15) is 5.10 Å². The van der Waals surface area contributed by atoms with E-state index in [9.17, 15) is 0 Å². The van der Waals surface area contributed by atoms with Crippen LogP contribution in [0.15, 0.2) is 18.8 Å². The summed E-state index contributed by atoms with van der Waals surface area (Å²) in [6.45, 7) is 8.75. The predicted molar refractivity (Wildman–Crippen MR) is 42.6 cm³/mol. The van der Waals surface area contributed by atoms with Crippen molar-refractivity contribution in [1.82, 2.24) is 9.78 Å². The summed E-state index contributed by atoms with van der Waals surface area (Å²) in [5.74, 6) is 0. The highest BCUT2D eigenvalue weighted by Gasteiger charge is 1.95. The average molecular weight is 136 g/mol. The number of hydrogen-bond acceptors (Lipinski definition) is 1. The van der Waals surface area contributed by atoms with Gasteiger partial charge in [0.2, 0.25) is 0 Å². The number of nitrogens with zero attached hydrogens (tertiary/aromatic N) is 2. The largest absolute Gasteiger partial charge is 0.272 e. The first kappa shape index (κ1) is 7.06. The normalized spacial score (nSPS) is 9.80. The van der Waals surface area contributed by atoms with E-state index in [0.717, 1.165) is 17.8 Å². The molecule has 0 fully saturated rings. The molecule has 0 atom stereocenters. The molecule has 0 aliphatic carbocycles. The molecule has 0 saturated heterocycles. The summed E-state index contributed by atoms with van der Waals surface area (Å²) in [4.78, 5) is 0.